The standard InChI is InChI=1S/C20H21ClN4O3/c1-23-17-11-15(22-19(26)13-3-5-14(21)6-4-13)16(25-7-9-28-10-8-25)12-18(17)24(2)20(23)27/h3-6,11-12H,7-10H2,1-2H3,(H,22,26). The predicted octanol–water partition coefficient (Wildman–Crippen LogP) is 2.62. The molecule has 1 aliphatic heterocycles. The van der Waals surface area contributed by atoms with Gasteiger partial charge in [0.15, 0.2) is 0 Å². The number of fused-ring (bicyclic) bond motifs is 1. The number of rotatable bonds is 3. The number of morpholine rings is 1. The number of carbonyl (C=O) groups is 1. The minimum Gasteiger partial charge on any atom is -0.378 e. The average Bonchev–Trinajstić information content (AvgIpc) is 2.92. The molecule has 1 N–H and O–H groups in total. The van der Waals surface area contributed by atoms with Crippen LogP contribution in [0.2, 0.25) is 5.02 Å². The van der Waals surface area contributed by atoms with Gasteiger partial charge in [-0.1, -0.05) is 11.6 Å². The lowest BCUT2D eigenvalue weighted by Gasteiger charge is -2.30. The van der Waals surface area contributed by atoms with Gasteiger partial charge in [0.25, 0.3) is 5.91 Å². The molecule has 0 unspecified atom stereocenters. The molecule has 1 amide bonds. The van der Waals surface area contributed by atoms with Gasteiger partial charge in [0.2, 0.25) is 0 Å². The van der Waals surface area contributed by atoms with Crippen LogP contribution in [0.15, 0.2) is 41.2 Å². The summed E-state index contributed by atoms with van der Waals surface area (Å²) in [6.45, 7) is 2.68. The molecular weight excluding hydrogens is 380 g/mol. The van der Waals surface area contributed by atoms with E-state index in [2.05, 4.69) is 10.2 Å². The Morgan fingerprint density at radius 2 is 1.64 bits per heavy atom. The summed E-state index contributed by atoms with van der Waals surface area (Å²) in [7, 11) is 3.48. The van der Waals surface area contributed by atoms with Crippen molar-refractivity contribution in [2.45, 2.75) is 0 Å². The number of aryl methyl sites for hydroxylation is 2. The van der Waals surface area contributed by atoms with E-state index in [0.717, 1.165) is 29.8 Å². The van der Waals surface area contributed by atoms with Crippen LogP contribution in [-0.4, -0.2) is 41.3 Å². The summed E-state index contributed by atoms with van der Waals surface area (Å²) in [5, 5.41) is 3.58. The first-order valence-corrected chi connectivity index (χ1v) is 9.42. The first kappa shape index (κ1) is 18.6. The van der Waals surface area contributed by atoms with Crippen LogP contribution >= 0.6 is 11.6 Å². The summed E-state index contributed by atoms with van der Waals surface area (Å²) in [5.74, 6) is -0.230. The largest absolute Gasteiger partial charge is 0.378 e. The molecule has 1 aliphatic rings. The van der Waals surface area contributed by atoms with Crippen LogP contribution in [0.4, 0.5) is 11.4 Å². The van der Waals surface area contributed by atoms with Crippen molar-refractivity contribution in [3.05, 3.63) is 57.5 Å². The van der Waals surface area contributed by atoms with Gasteiger partial charge >= 0.3 is 5.69 Å². The Labute approximate surface area is 167 Å². The third-order valence-electron chi connectivity index (χ3n) is 5.10. The van der Waals surface area contributed by atoms with Crippen LogP contribution in [0.3, 0.4) is 0 Å². The molecule has 2 heterocycles. The zero-order valence-electron chi connectivity index (χ0n) is 15.7. The van der Waals surface area contributed by atoms with Crippen LogP contribution in [-0.2, 0) is 18.8 Å². The maximum absolute atomic E-state index is 12.8. The van der Waals surface area contributed by atoms with E-state index in [4.69, 9.17) is 16.3 Å². The van der Waals surface area contributed by atoms with Gasteiger partial charge in [0, 0.05) is 37.8 Å². The lowest BCUT2D eigenvalue weighted by Crippen LogP contribution is -2.36. The number of aromatic nitrogens is 2. The number of benzene rings is 2. The van der Waals surface area contributed by atoms with Crippen molar-refractivity contribution in [2.75, 3.05) is 36.5 Å². The lowest BCUT2D eigenvalue weighted by molar-refractivity contribution is 0.102. The molecule has 28 heavy (non-hydrogen) atoms. The monoisotopic (exact) mass is 400 g/mol. The van der Waals surface area contributed by atoms with Crippen LogP contribution in [0, 0.1) is 0 Å². The van der Waals surface area contributed by atoms with E-state index in [1.807, 2.05) is 12.1 Å². The third kappa shape index (κ3) is 3.27. The van der Waals surface area contributed by atoms with E-state index in [1.165, 1.54) is 0 Å². The van der Waals surface area contributed by atoms with Crippen LogP contribution < -0.4 is 15.9 Å². The van der Waals surface area contributed by atoms with Crippen molar-refractivity contribution in [1.29, 1.82) is 0 Å². The Bertz CT molecular complexity index is 1100. The molecule has 0 bridgehead atoms. The SMILES string of the molecule is Cn1c(=O)n(C)c2cc(N3CCOCC3)c(NC(=O)c3ccc(Cl)cc3)cc21. The number of ether oxygens (including phenoxy) is 1. The molecule has 8 heteroatoms. The molecule has 1 fully saturated rings. The molecule has 4 rings (SSSR count). The normalized spacial score (nSPS) is 14.5. The van der Waals surface area contributed by atoms with Crippen molar-refractivity contribution in [3.63, 3.8) is 0 Å². The molecule has 0 radical (unpaired) electrons. The van der Waals surface area contributed by atoms with E-state index in [0.29, 0.717) is 29.5 Å². The molecule has 146 valence electrons. The highest BCUT2D eigenvalue weighted by Gasteiger charge is 2.20. The fraction of sp³-hybridized carbons (Fsp3) is 0.300. The molecule has 2 aromatic carbocycles. The van der Waals surface area contributed by atoms with E-state index in [9.17, 15) is 9.59 Å². The number of amides is 1. The predicted molar refractivity (Wildman–Crippen MR) is 111 cm³/mol. The molecular formula is C20H21ClN4O3. The Balaban J connectivity index is 1.80. The number of anilines is 2. The van der Waals surface area contributed by atoms with Gasteiger partial charge in [-0.3, -0.25) is 13.9 Å². The highest BCUT2D eigenvalue weighted by Crippen LogP contribution is 2.32. The Kier molecular flexibility index (Phi) is 4.87. The maximum Gasteiger partial charge on any atom is 0.328 e. The van der Waals surface area contributed by atoms with Gasteiger partial charge < -0.3 is 15.0 Å². The number of carbonyl (C=O) groups excluding carboxylic acids is 1. The summed E-state index contributed by atoms with van der Waals surface area (Å²) in [5.41, 5.74) is 3.52. The summed E-state index contributed by atoms with van der Waals surface area (Å²) in [4.78, 5) is 27.3. The number of halogens is 1. The third-order valence-corrected chi connectivity index (χ3v) is 5.35. The van der Waals surface area contributed by atoms with Crippen molar-refractivity contribution in [1.82, 2.24) is 9.13 Å². The number of nitrogens with zero attached hydrogens (tertiary/aromatic N) is 3. The minimum atomic E-state index is -0.230. The average molecular weight is 401 g/mol. The summed E-state index contributed by atoms with van der Waals surface area (Å²) in [6, 6.07) is 10.5. The quantitative estimate of drug-likeness (QED) is 0.733. The smallest absolute Gasteiger partial charge is 0.328 e. The number of nitrogens with one attached hydrogen (secondary N) is 1. The van der Waals surface area contributed by atoms with E-state index < -0.39 is 0 Å². The van der Waals surface area contributed by atoms with Gasteiger partial charge in [-0.15, -0.1) is 0 Å². The minimum absolute atomic E-state index is 0.107. The van der Waals surface area contributed by atoms with Gasteiger partial charge in [-0.25, -0.2) is 4.79 Å². The molecule has 1 saturated heterocycles. The van der Waals surface area contributed by atoms with E-state index in [1.54, 1.807) is 47.5 Å². The van der Waals surface area contributed by atoms with Gasteiger partial charge in [0.05, 0.1) is 35.6 Å². The summed E-state index contributed by atoms with van der Waals surface area (Å²) >= 11 is 5.92. The van der Waals surface area contributed by atoms with E-state index in [-0.39, 0.29) is 11.6 Å². The van der Waals surface area contributed by atoms with Crippen molar-refractivity contribution >= 4 is 39.9 Å². The second-order valence-corrected chi connectivity index (χ2v) is 7.26. The molecule has 0 aliphatic carbocycles. The number of imidazole rings is 1. The van der Waals surface area contributed by atoms with Crippen LogP contribution in [0.5, 0.6) is 0 Å². The van der Waals surface area contributed by atoms with Crippen molar-refractivity contribution < 1.29 is 9.53 Å². The fourth-order valence-electron chi connectivity index (χ4n) is 3.50. The van der Waals surface area contributed by atoms with Gasteiger partial charge in [-0.2, -0.15) is 0 Å². The fourth-order valence-corrected chi connectivity index (χ4v) is 3.62. The Hall–Kier alpha value is -2.77. The molecule has 7 nitrogen and oxygen atoms in total. The van der Waals surface area contributed by atoms with Crippen LogP contribution in [0.25, 0.3) is 11.0 Å². The van der Waals surface area contributed by atoms with Crippen molar-refractivity contribution in [2.24, 2.45) is 14.1 Å². The molecule has 0 atom stereocenters. The van der Waals surface area contributed by atoms with Crippen molar-refractivity contribution in [3.8, 4) is 0 Å². The van der Waals surface area contributed by atoms with Gasteiger partial charge in [-0.05, 0) is 36.4 Å². The highest BCUT2D eigenvalue weighted by atomic mass is 35.5. The lowest BCUT2D eigenvalue weighted by atomic mass is 10.1. The number of hydrogen-bond donors (Lipinski definition) is 1. The highest BCUT2D eigenvalue weighted by molar-refractivity contribution is 6.30. The molecule has 1 aromatic heterocycles. The van der Waals surface area contributed by atoms with Gasteiger partial charge in [0.1, 0.15) is 0 Å². The number of hydrogen-bond acceptors (Lipinski definition) is 4. The molecule has 3 aromatic rings. The van der Waals surface area contributed by atoms with Crippen LogP contribution in [0.1, 0.15) is 10.4 Å². The first-order chi connectivity index (χ1) is 13.5. The topological polar surface area (TPSA) is 68.5 Å². The molecule has 0 saturated carbocycles. The second-order valence-electron chi connectivity index (χ2n) is 6.82. The maximum atomic E-state index is 12.8. The Morgan fingerprint density at radius 3 is 2.29 bits per heavy atom. The first-order valence-electron chi connectivity index (χ1n) is 9.05. The van der Waals surface area contributed by atoms with E-state index >= 15 is 0 Å². The zero-order valence-corrected chi connectivity index (χ0v) is 16.5. The summed E-state index contributed by atoms with van der Waals surface area (Å²) in [6.07, 6.45) is 0. The summed E-state index contributed by atoms with van der Waals surface area (Å²) < 4.78 is 8.65. The molecule has 0 spiro atoms. The Morgan fingerprint density at radius 1 is 1.04 bits per heavy atom. The second kappa shape index (κ2) is 7.33. The zero-order chi connectivity index (χ0) is 19.8.